The second kappa shape index (κ2) is 8.16. The van der Waals surface area contributed by atoms with Crippen molar-refractivity contribution in [2.24, 2.45) is 0 Å². The first kappa shape index (κ1) is 19.3. The van der Waals surface area contributed by atoms with E-state index in [1.54, 1.807) is 18.4 Å². The fourth-order valence-electron chi connectivity index (χ4n) is 3.75. The number of aliphatic hydroxyl groups excluding tert-OH is 1. The molecule has 148 valence electrons. The third kappa shape index (κ3) is 3.77. The summed E-state index contributed by atoms with van der Waals surface area (Å²) in [6.45, 7) is 4.46. The number of aromatic nitrogens is 3. The van der Waals surface area contributed by atoms with Crippen molar-refractivity contribution in [3.8, 4) is 22.1 Å². The van der Waals surface area contributed by atoms with Crippen molar-refractivity contribution < 1.29 is 14.7 Å². The fourth-order valence-corrected chi connectivity index (χ4v) is 4.74. The Morgan fingerprint density at radius 1 is 1.39 bits per heavy atom. The van der Waals surface area contributed by atoms with Crippen LogP contribution in [0.1, 0.15) is 18.4 Å². The zero-order valence-corrected chi connectivity index (χ0v) is 17.7. The summed E-state index contributed by atoms with van der Waals surface area (Å²) in [5, 5.41) is 16.9. The maximum Gasteiger partial charge on any atom is 0.207 e. The molecule has 1 aliphatic heterocycles. The SMILES string of the molecule is COc1ccc(C)cc1-n1c(-c2cccs2)nn(C[NH+]2CCC[C@@H](O)C2)c1=S. The molecule has 0 radical (unpaired) electrons. The molecule has 0 spiro atoms. The number of hydrogen-bond acceptors (Lipinski definition) is 5. The summed E-state index contributed by atoms with van der Waals surface area (Å²) < 4.78 is 10.2. The van der Waals surface area contributed by atoms with Crippen molar-refractivity contribution >= 4 is 23.6 Å². The van der Waals surface area contributed by atoms with Crippen molar-refractivity contribution in [3.63, 3.8) is 0 Å². The van der Waals surface area contributed by atoms with E-state index in [4.69, 9.17) is 22.1 Å². The molecule has 8 heteroatoms. The maximum atomic E-state index is 10.0. The molecule has 6 nitrogen and oxygen atoms in total. The van der Waals surface area contributed by atoms with Crippen LogP contribution >= 0.6 is 23.6 Å². The van der Waals surface area contributed by atoms with Crippen LogP contribution in [0.4, 0.5) is 0 Å². The van der Waals surface area contributed by atoms with Gasteiger partial charge in [-0.2, -0.15) is 4.68 Å². The first-order valence-corrected chi connectivity index (χ1v) is 10.8. The third-order valence-corrected chi connectivity index (χ3v) is 6.38. The molecule has 28 heavy (non-hydrogen) atoms. The highest BCUT2D eigenvalue weighted by atomic mass is 32.1. The predicted octanol–water partition coefficient (Wildman–Crippen LogP) is 2.45. The van der Waals surface area contributed by atoms with Gasteiger partial charge in [0.2, 0.25) is 4.77 Å². The number of aryl methyl sites for hydroxylation is 1. The van der Waals surface area contributed by atoms with Crippen LogP contribution in [-0.4, -0.2) is 45.8 Å². The number of hydrogen-bond donors (Lipinski definition) is 2. The number of likely N-dealkylation sites (tertiary alicyclic amines) is 1. The van der Waals surface area contributed by atoms with E-state index in [1.165, 1.54) is 4.90 Å². The quantitative estimate of drug-likeness (QED) is 0.626. The van der Waals surface area contributed by atoms with Crippen LogP contribution in [0.15, 0.2) is 35.7 Å². The largest absolute Gasteiger partial charge is 0.495 e. The Hall–Kier alpha value is -2.00. The Morgan fingerprint density at radius 3 is 2.96 bits per heavy atom. The van der Waals surface area contributed by atoms with Crippen LogP contribution in [0.3, 0.4) is 0 Å². The van der Waals surface area contributed by atoms with Crippen molar-refractivity contribution in [2.45, 2.75) is 32.5 Å². The van der Waals surface area contributed by atoms with Gasteiger partial charge in [-0.25, -0.2) is 0 Å². The average Bonchev–Trinajstić information content (AvgIpc) is 3.30. The van der Waals surface area contributed by atoms with Crippen molar-refractivity contribution in [1.82, 2.24) is 14.3 Å². The molecule has 1 aliphatic rings. The van der Waals surface area contributed by atoms with Gasteiger partial charge < -0.3 is 14.7 Å². The minimum absolute atomic E-state index is 0.242. The van der Waals surface area contributed by atoms with Gasteiger partial charge in [0, 0.05) is 0 Å². The number of nitrogens with zero attached hydrogens (tertiary/aromatic N) is 3. The highest BCUT2D eigenvalue weighted by molar-refractivity contribution is 7.71. The van der Waals surface area contributed by atoms with Gasteiger partial charge in [0.1, 0.15) is 18.4 Å². The molecule has 1 unspecified atom stereocenters. The Morgan fingerprint density at radius 2 is 2.25 bits per heavy atom. The van der Waals surface area contributed by atoms with E-state index in [1.807, 2.05) is 32.8 Å². The number of aliphatic hydroxyl groups is 1. The molecular formula is C20H25N4O2S2+. The minimum Gasteiger partial charge on any atom is -0.495 e. The number of methoxy groups -OCH3 is 1. The van der Waals surface area contributed by atoms with Gasteiger partial charge in [-0.1, -0.05) is 12.1 Å². The first-order valence-electron chi connectivity index (χ1n) is 9.47. The summed E-state index contributed by atoms with van der Waals surface area (Å²) in [7, 11) is 1.67. The average molecular weight is 418 g/mol. The number of ether oxygens (including phenoxy) is 1. The number of benzene rings is 1. The molecule has 1 fully saturated rings. The topological polar surface area (TPSA) is 56.7 Å². The molecule has 0 bridgehead atoms. The first-order chi connectivity index (χ1) is 13.6. The van der Waals surface area contributed by atoms with Crippen LogP contribution < -0.4 is 9.64 Å². The molecule has 1 saturated heterocycles. The molecule has 3 aromatic rings. The van der Waals surface area contributed by atoms with Crippen molar-refractivity contribution in [3.05, 3.63) is 46.0 Å². The maximum absolute atomic E-state index is 10.0. The number of thiophene rings is 1. The monoisotopic (exact) mass is 417 g/mol. The normalized spacial score (nSPS) is 19.7. The lowest BCUT2D eigenvalue weighted by Crippen LogP contribution is -3.13. The number of piperidine rings is 1. The molecule has 1 aromatic carbocycles. The molecule has 0 aliphatic carbocycles. The van der Waals surface area contributed by atoms with E-state index in [0.29, 0.717) is 11.4 Å². The van der Waals surface area contributed by atoms with E-state index < -0.39 is 0 Å². The van der Waals surface area contributed by atoms with Crippen molar-refractivity contribution in [1.29, 1.82) is 0 Å². The summed E-state index contributed by atoms with van der Waals surface area (Å²) in [6.07, 6.45) is 1.66. The molecule has 3 heterocycles. The summed E-state index contributed by atoms with van der Waals surface area (Å²) >= 11 is 7.49. The zero-order chi connectivity index (χ0) is 19.7. The molecular weight excluding hydrogens is 392 g/mol. The minimum atomic E-state index is -0.242. The van der Waals surface area contributed by atoms with Gasteiger partial charge in [-0.15, -0.1) is 16.4 Å². The van der Waals surface area contributed by atoms with E-state index >= 15 is 0 Å². The molecule has 0 saturated carbocycles. The van der Waals surface area contributed by atoms with Crippen molar-refractivity contribution in [2.75, 3.05) is 20.2 Å². The van der Waals surface area contributed by atoms with E-state index in [-0.39, 0.29) is 6.10 Å². The van der Waals surface area contributed by atoms with Crippen LogP contribution in [-0.2, 0) is 6.67 Å². The predicted molar refractivity (Wildman–Crippen MR) is 113 cm³/mol. The summed E-state index contributed by atoms with van der Waals surface area (Å²) in [4.78, 5) is 2.36. The third-order valence-electron chi connectivity index (χ3n) is 5.12. The fraction of sp³-hybridized carbons (Fsp3) is 0.400. The Labute approximate surface area is 173 Å². The van der Waals surface area contributed by atoms with Gasteiger partial charge in [-0.05, 0) is 61.1 Å². The molecule has 2 aromatic heterocycles. The lowest BCUT2D eigenvalue weighted by Gasteiger charge is -2.26. The Bertz CT molecular complexity index is 1010. The summed E-state index contributed by atoms with van der Waals surface area (Å²) in [5.41, 5.74) is 2.03. The van der Waals surface area contributed by atoms with Gasteiger partial charge in [0.15, 0.2) is 12.5 Å². The summed E-state index contributed by atoms with van der Waals surface area (Å²) in [6, 6.07) is 10.2. The lowest BCUT2D eigenvalue weighted by atomic mass is 10.1. The number of quaternary nitrogens is 1. The van der Waals surface area contributed by atoms with E-state index in [9.17, 15) is 5.11 Å². The van der Waals surface area contributed by atoms with Crippen LogP contribution in [0.5, 0.6) is 5.75 Å². The Balaban J connectivity index is 1.82. The van der Waals surface area contributed by atoms with E-state index in [0.717, 1.165) is 53.6 Å². The van der Waals surface area contributed by atoms with E-state index in [2.05, 4.69) is 19.1 Å². The number of nitrogens with one attached hydrogen (secondary N) is 1. The molecule has 2 atom stereocenters. The smallest absolute Gasteiger partial charge is 0.207 e. The number of rotatable bonds is 5. The second-order valence-electron chi connectivity index (χ2n) is 7.25. The van der Waals surface area contributed by atoms with Crippen LogP contribution in [0, 0.1) is 11.7 Å². The van der Waals surface area contributed by atoms with Crippen LogP contribution in [0.25, 0.3) is 16.4 Å². The van der Waals surface area contributed by atoms with Gasteiger partial charge >= 0.3 is 0 Å². The lowest BCUT2D eigenvalue weighted by molar-refractivity contribution is -0.931. The van der Waals surface area contributed by atoms with Crippen LogP contribution in [0.2, 0.25) is 0 Å². The highest BCUT2D eigenvalue weighted by Gasteiger charge is 2.24. The molecule has 0 amide bonds. The highest BCUT2D eigenvalue weighted by Crippen LogP contribution is 2.31. The molecule has 2 N–H and O–H groups in total. The standard InChI is InChI=1S/C20H24N4O2S2/c1-14-7-8-17(26-2)16(11-14)24-19(18-6-4-10-28-18)21-23(20(24)27)13-22-9-3-5-15(25)12-22/h4,6-8,10-11,15,25H,3,5,9,12-13H2,1-2H3/p+1/t15-/m1/s1. The second-order valence-corrected chi connectivity index (χ2v) is 8.56. The zero-order valence-electron chi connectivity index (χ0n) is 16.1. The Kier molecular flexibility index (Phi) is 5.63. The molecule has 4 rings (SSSR count). The summed E-state index contributed by atoms with van der Waals surface area (Å²) in [5.74, 6) is 1.58. The van der Waals surface area contributed by atoms with Gasteiger partial charge in [-0.3, -0.25) is 4.57 Å². The van der Waals surface area contributed by atoms with Gasteiger partial charge in [0.05, 0.1) is 24.2 Å². The van der Waals surface area contributed by atoms with Gasteiger partial charge in [0.25, 0.3) is 0 Å².